The van der Waals surface area contributed by atoms with Crippen LogP contribution in [0.15, 0.2) is 66.4 Å². The number of carbonyl (C=O) groups is 3. The van der Waals surface area contributed by atoms with E-state index in [4.69, 9.17) is 15.7 Å². The van der Waals surface area contributed by atoms with Crippen LogP contribution < -0.4 is 26.2 Å². The number of aliphatic hydroxyl groups excluding tert-OH is 1. The molecule has 0 aliphatic carbocycles. The van der Waals surface area contributed by atoms with Crippen molar-refractivity contribution < 1.29 is 37.8 Å². The van der Waals surface area contributed by atoms with Gasteiger partial charge < -0.3 is 41.3 Å². The lowest BCUT2D eigenvalue weighted by molar-refractivity contribution is -0.144. The number of fused-ring (bicyclic) bond motifs is 2. The number of alkyl halides is 3. The highest BCUT2D eigenvalue weighted by Gasteiger charge is 2.46. The molecule has 0 saturated carbocycles. The summed E-state index contributed by atoms with van der Waals surface area (Å²) < 4.78 is 42.8. The van der Waals surface area contributed by atoms with E-state index in [1.54, 1.807) is 57.5 Å². The number of benzene rings is 2. The number of amides is 3. The molecular formula is C50H59F3N12O5S. The van der Waals surface area contributed by atoms with Crippen molar-refractivity contribution >= 4 is 46.5 Å². The Balaban J connectivity index is 0.775. The van der Waals surface area contributed by atoms with Crippen LogP contribution in [0.3, 0.4) is 0 Å². The molecule has 2 bridgehead atoms. The standard InChI is InChI=1S/C50H59F3N12O5S/c1-28-43(71-27-58-28)30-9-10-31(37(17-30)50(51,52)53)20-55-46(69)40-18-35(66)25-64(40)47(70)44(49(2,3)4)59-42(68)26-62-15-13-29(14-16-62)32-21-56-48(57-22-32)65-33-11-12-34(65)24-63(23-33)39-19-38(60-61-45(39)54)36-7-5-6-8-41(36)67/h5-10,17,19,21-22,27,29,33-35,40,44,66-67H,11-16,18,20,23-26H2,1-4H3,(H2,54,61)(H,55,69)(H,59,68)/t33?,34?,35-,40+,44-/m1/s1. The normalized spacial score (nSPS) is 21.4. The zero-order chi connectivity index (χ0) is 50.4. The van der Waals surface area contributed by atoms with E-state index in [2.05, 4.69) is 35.6 Å². The van der Waals surface area contributed by atoms with Gasteiger partial charge in [-0.2, -0.15) is 13.2 Å². The zero-order valence-electron chi connectivity index (χ0n) is 40.1. The molecule has 7 heterocycles. The lowest BCUT2D eigenvalue weighted by Gasteiger charge is -2.42. The van der Waals surface area contributed by atoms with Gasteiger partial charge in [0.1, 0.15) is 17.8 Å². The number of aromatic nitrogens is 5. The van der Waals surface area contributed by atoms with Crippen LogP contribution in [-0.2, 0) is 27.1 Å². The minimum absolute atomic E-state index is 0.0451. The van der Waals surface area contributed by atoms with E-state index in [1.165, 1.54) is 22.3 Å². The molecule has 2 aromatic carbocycles. The number of rotatable bonds is 12. The number of β-amino-alcohol motifs (C(OH)–C–C–N with tert-alkyl or cyclic N) is 1. The number of hydrogen-bond donors (Lipinski definition) is 5. The molecule has 2 unspecified atom stereocenters. The highest BCUT2D eigenvalue weighted by Crippen LogP contribution is 2.40. The topological polar surface area (TPSA) is 219 Å². The van der Waals surface area contributed by atoms with Gasteiger partial charge >= 0.3 is 6.18 Å². The van der Waals surface area contributed by atoms with Crippen molar-refractivity contribution in [1.29, 1.82) is 0 Å². The number of nitrogens with zero attached hydrogens (tertiary/aromatic N) is 9. The summed E-state index contributed by atoms with van der Waals surface area (Å²) in [4.78, 5) is 63.9. The summed E-state index contributed by atoms with van der Waals surface area (Å²) in [5, 5.41) is 35.1. The highest BCUT2D eigenvalue weighted by atomic mass is 32.1. The van der Waals surface area contributed by atoms with Crippen molar-refractivity contribution in [3.63, 3.8) is 0 Å². The van der Waals surface area contributed by atoms with Crippen LogP contribution in [0.1, 0.15) is 81.2 Å². The molecule has 71 heavy (non-hydrogen) atoms. The summed E-state index contributed by atoms with van der Waals surface area (Å²) in [5.41, 5.74) is 10.0. The molecule has 4 aliphatic heterocycles. The average Bonchev–Trinajstić information content (AvgIpc) is 4.03. The lowest BCUT2D eigenvalue weighted by atomic mass is 9.85. The number of phenols is 1. The Labute approximate surface area is 413 Å². The highest BCUT2D eigenvalue weighted by molar-refractivity contribution is 7.13. The van der Waals surface area contributed by atoms with Gasteiger partial charge in [-0.1, -0.05) is 45.0 Å². The van der Waals surface area contributed by atoms with Crippen molar-refractivity contribution in [3.05, 3.63) is 88.8 Å². The van der Waals surface area contributed by atoms with E-state index in [0.717, 1.165) is 43.0 Å². The molecule has 4 saturated heterocycles. The van der Waals surface area contributed by atoms with Crippen LogP contribution in [0.5, 0.6) is 5.75 Å². The number of likely N-dealkylation sites (tertiary alicyclic amines) is 2. The lowest BCUT2D eigenvalue weighted by Crippen LogP contribution is -2.58. The molecule has 21 heteroatoms. The Bertz CT molecular complexity index is 2750. The number of aromatic hydroxyl groups is 1. The molecule has 4 aliphatic rings. The van der Waals surface area contributed by atoms with Gasteiger partial charge in [-0.25, -0.2) is 15.0 Å². The summed E-state index contributed by atoms with van der Waals surface area (Å²) >= 11 is 1.23. The number of nitrogen functional groups attached to an aromatic ring is 1. The van der Waals surface area contributed by atoms with Crippen LogP contribution in [0, 0.1) is 12.3 Å². The molecule has 3 aromatic heterocycles. The quantitative estimate of drug-likeness (QED) is 0.104. The fourth-order valence-electron chi connectivity index (χ4n) is 10.5. The fraction of sp³-hybridized carbons (Fsp3) is 0.480. The van der Waals surface area contributed by atoms with Crippen molar-refractivity contribution in [2.75, 3.05) is 54.8 Å². The van der Waals surface area contributed by atoms with Crippen molar-refractivity contribution in [2.45, 2.75) is 109 Å². The minimum atomic E-state index is -4.70. The molecule has 9 rings (SSSR count). The first-order valence-electron chi connectivity index (χ1n) is 24.0. The molecular weight excluding hydrogens is 938 g/mol. The van der Waals surface area contributed by atoms with E-state index in [-0.39, 0.29) is 54.7 Å². The van der Waals surface area contributed by atoms with Gasteiger partial charge in [-0.3, -0.25) is 19.3 Å². The summed E-state index contributed by atoms with van der Waals surface area (Å²) in [6.45, 7) is 9.19. The maximum Gasteiger partial charge on any atom is 0.416 e. The number of aryl methyl sites for hydroxylation is 1. The first-order valence-corrected chi connectivity index (χ1v) is 24.9. The van der Waals surface area contributed by atoms with Crippen LogP contribution in [0.2, 0.25) is 0 Å². The molecule has 5 aromatic rings. The third kappa shape index (κ3) is 10.6. The monoisotopic (exact) mass is 996 g/mol. The first-order chi connectivity index (χ1) is 33.8. The number of hydrogen-bond acceptors (Lipinski definition) is 15. The fourth-order valence-corrected chi connectivity index (χ4v) is 11.3. The largest absolute Gasteiger partial charge is 0.507 e. The number of halogens is 3. The molecule has 4 fully saturated rings. The number of nitrogens with one attached hydrogen (secondary N) is 2. The summed E-state index contributed by atoms with van der Waals surface area (Å²) in [5.74, 6) is -0.292. The number of piperidine rings is 1. The predicted octanol–water partition coefficient (Wildman–Crippen LogP) is 5.52. The number of nitrogens with two attached hydrogens (primary N) is 1. The second-order valence-electron chi connectivity index (χ2n) is 20.2. The van der Waals surface area contributed by atoms with Gasteiger partial charge in [0.25, 0.3) is 0 Å². The van der Waals surface area contributed by atoms with Crippen LogP contribution >= 0.6 is 11.3 Å². The number of thiazole rings is 1. The molecule has 0 spiro atoms. The molecule has 376 valence electrons. The van der Waals surface area contributed by atoms with Crippen LogP contribution in [-0.4, -0.2) is 132 Å². The van der Waals surface area contributed by atoms with E-state index < -0.39 is 53.7 Å². The average molecular weight is 997 g/mol. The first kappa shape index (κ1) is 49.5. The van der Waals surface area contributed by atoms with Gasteiger partial charge in [0.15, 0.2) is 5.82 Å². The molecule has 5 atom stereocenters. The Morgan fingerprint density at radius 1 is 0.930 bits per heavy atom. The molecule has 3 amide bonds. The summed E-state index contributed by atoms with van der Waals surface area (Å²) in [6, 6.07) is 11.0. The second kappa shape index (κ2) is 20.0. The maximum atomic E-state index is 14.3. The number of phenolic OH excluding ortho intramolecular Hbond substituents is 1. The summed E-state index contributed by atoms with van der Waals surface area (Å²) in [6.07, 6.45) is 1.48. The van der Waals surface area contributed by atoms with E-state index in [0.29, 0.717) is 65.3 Å². The number of anilines is 3. The van der Waals surface area contributed by atoms with E-state index >= 15 is 0 Å². The summed E-state index contributed by atoms with van der Waals surface area (Å²) in [7, 11) is 0. The Morgan fingerprint density at radius 3 is 2.28 bits per heavy atom. The van der Waals surface area contributed by atoms with Crippen LogP contribution in [0.4, 0.5) is 30.6 Å². The number of para-hydroxylation sites is 1. The zero-order valence-corrected chi connectivity index (χ0v) is 40.9. The van der Waals surface area contributed by atoms with Gasteiger partial charge in [0.2, 0.25) is 23.7 Å². The molecule has 0 radical (unpaired) electrons. The number of carbonyl (C=O) groups excluding carboxylic acids is 3. The molecule has 17 nitrogen and oxygen atoms in total. The van der Waals surface area contributed by atoms with Gasteiger partial charge in [-0.15, -0.1) is 21.5 Å². The third-order valence-corrected chi connectivity index (χ3v) is 15.3. The Hall–Kier alpha value is -6.45. The number of piperazine rings is 1. The van der Waals surface area contributed by atoms with Crippen LogP contribution in [0.25, 0.3) is 21.7 Å². The Morgan fingerprint density at radius 2 is 1.63 bits per heavy atom. The van der Waals surface area contributed by atoms with Gasteiger partial charge in [-0.05, 0) is 98.0 Å². The van der Waals surface area contributed by atoms with Gasteiger partial charge in [0.05, 0.1) is 45.7 Å². The van der Waals surface area contributed by atoms with Crippen molar-refractivity contribution in [2.24, 2.45) is 5.41 Å². The third-order valence-electron chi connectivity index (χ3n) is 14.3. The second-order valence-corrected chi connectivity index (χ2v) is 21.1. The number of aliphatic hydroxyl groups is 1. The minimum Gasteiger partial charge on any atom is -0.507 e. The van der Waals surface area contributed by atoms with E-state index in [9.17, 15) is 37.8 Å². The Kier molecular flexibility index (Phi) is 13.9. The maximum absolute atomic E-state index is 14.3. The van der Waals surface area contributed by atoms with Gasteiger partial charge in [0, 0.05) is 62.6 Å². The predicted molar refractivity (Wildman–Crippen MR) is 262 cm³/mol. The smallest absolute Gasteiger partial charge is 0.416 e. The van der Waals surface area contributed by atoms with E-state index in [1.807, 2.05) is 29.4 Å². The molecule has 6 N–H and O–H groups in total. The SMILES string of the molecule is Cc1ncsc1-c1ccc(CNC(=O)[C@@H]2C[C@@H](O)CN2C(=O)[C@@H](NC(=O)CN2CCC(c3cnc(N4C5CCC4CN(c4cc(-c6ccccc6O)nnc4N)C5)nc3)CC2)C(C)(C)C)c(C(F)(F)F)c1. The van der Waals surface area contributed by atoms with Crippen molar-refractivity contribution in [3.8, 4) is 27.4 Å². The van der Waals surface area contributed by atoms with Crippen molar-refractivity contribution in [1.82, 2.24) is 45.6 Å².